The van der Waals surface area contributed by atoms with Gasteiger partial charge >= 0.3 is 0 Å². The third-order valence-electron chi connectivity index (χ3n) is 3.76. The van der Waals surface area contributed by atoms with Crippen molar-refractivity contribution in [2.24, 2.45) is 11.7 Å². The van der Waals surface area contributed by atoms with Crippen molar-refractivity contribution >= 4 is 11.6 Å². The summed E-state index contributed by atoms with van der Waals surface area (Å²) in [5.41, 5.74) is 4.35. The summed E-state index contributed by atoms with van der Waals surface area (Å²) in [6, 6.07) is 0.768. The van der Waals surface area contributed by atoms with Crippen LogP contribution in [0.4, 0.5) is 14.5 Å². The zero-order chi connectivity index (χ0) is 15.6. The lowest BCUT2D eigenvalue weighted by atomic mass is 10.0. The number of nitrogens with two attached hydrogens (primary N) is 1. The van der Waals surface area contributed by atoms with Crippen LogP contribution in [-0.2, 0) is 0 Å². The molecule has 0 saturated heterocycles. The molecule has 0 radical (unpaired) electrons. The van der Waals surface area contributed by atoms with E-state index >= 15 is 0 Å². The highest BCUT2D eigenvalue weighted by Gasteiger charge is 2.30. The van der Waals surface area contributed by atoms with Crippen molar-refractivity contribution in [1.82, 2.24) is 5.32 Å². The fourth-order valence-electron chi connectivity index (χ4n) is 2.62. The van der Waals surface area contributed by atoms with Crippen LogP contribution in [0.3, 0.4) is 0 Å². The van der Waals surface area contributed by atoms with E-state index in [0.717, 1.165) is 12.8 Å². The summed E-state index contributed by atoms with van der Waals surface area (Å²) in [6.45, 7) is 0.394. The normalized spacial score (nSPS) is 21.3. The lowest BCUT2D eigenvalue weighted by Gasteiger charge is -2.19. The average molecular weight is 299 g/mol. The smallest absolute Gasteiger partial charge is 0.285 e. The molecule has 8 heteroatoms. The number of halogens is 2. The van der Waals surface area contributed by atoms with Gasteiger partial charge in [0.25, 0.3) is 11.6 Å². The van der Waals surface area contributed by atoms with Crippen molar-refractivity contribution in [3.05, 3.63) is 39.4 Å². The number of nitrogens with one attached hydrogen (secondary N) is 1. The minimum atomic E-state index is -1.36. The van der Waals surface area contributed by atoms with Crippen molar-refractivity contribution < 1.29 is 18.5 Å². The molecule has 1 fully saturated rings. The van der Waals surface area contributed by atoms with Crippen LogP contribution in [0.15, 0.2) is 12.1 Å². The highest BCUT2D eigenvalue weighted by molar-refractivity contribution is 5.98. The van der Waals surface area contributed by atoms with E-state index in [-0.39, 0.29) is 12.0 Å². The molecule has 2 rings (SSSR count). The molecule has 1 aromatic rings. The molecule has 0 bridgehead atoms. The van der Waals surface area contributed by atoms with Crippen LogP contribution in [0.25, 0.3) is 0 Å². The zero-order valence-corrected chi connectivity index (χ0v) is 11.1. The SMILES string of the molecule is NCC1CCCC1NC(=O)c1cc(F)c(F)cc1[N+](=O)[O-]. The van der Waals surface area contributed by atoms with Crippen LogP contribution >= 0.6 is 0 Å². The van der Waals surface area contributed by atoms with Gasteiger partial charge in [0.1, 0.15) is 5.56 Å². The maximum absolute atomic E-state index is 13.2. The molecular formula is C13H15F2N3O3. The molecule has 0 heterocycles. The lowest BCUT2D eigenvalue weighted by molar-refractivity contribution is -0.385. The molecular weight excluding hydrogens is 284 g/mol. The maximum Gasteiger partial charge on any atom is 0.285 e. The number of rotatable bonds is 4. The molecule has 2 atom stereocenters. The molecule has 0 spiro atoms. The summed E-state index contributed by atoms with van der Waals surface area (Å²) >= 11 is 0. The highest BCUT2D eigenvalue weighted by atomic mass is 19.2. The fourth-order valence-corrected chi connectivity index (χ4v) is 2.62. The summed E-state index contributed by atoms with van der Waals surface area (Å²) < 4.78 is 26.3. The number of hydrogen-bond donors (Lipinski definition) is 2. The minimum Gasteiger partial charge on any atom is -0.349 e. The van der Waals surface area contributed by atoms with Crippen molar-refractivity contribution in [1.29, 1.82) is 0 Å². The second kappa shape index (κ2) is 6.13. The molecule has 1 aromatic carbocycles. The molecule has 1 aliphatic rings. The van der Waals surface area contributed by atoms with Gasteiger partial charge in [-0.2, -0.15) is 0 Å². The molecule has 0 aromatic heterocycles. The van der Waals surface area contributed by atoms with Gasteiger partial charge < -0.3 is 11.1 Å². The van der Waals surface area contributed by atoms with Gasteiger partial charge in [-0.1, -0.05) is 6.42 Å². The number of nitro groups is 1. The van der Waals surface area contributed by atoms with Gasteiger partial charge in [-0.25, -0.2) is 8.78 Å². The van der Waals surface area contributed by atoms with Crippen molar-refractivity contribution in [2.45, 2.75) is 25.3 Å². The van der Waals surface area contributed by atoms with E-state index in [1.165, 1.54) is 0 Å². The Bertz CT molecular complexity index is 580. The van der Waals surface area contributed by atoms with Gasteiger partial charge in [-0.3, -0.25) is 14.9 Å². The minimum absolute atomic E-state index is 0.0956. The number of nitro benzene ring substituents is 1. The van der Waals surface area contributed by atoms with Gasteiger partial charge in [0.05, 0.1) is 11.0 Å². The molecule has 21 heavy (non-hydrogen) atoms. The Morgan fingerprint density at radius 1 is 1.38 bits per heavy atom. The average Bonchev–Trinajstić information content (AvgIpc) is 2.88. The number of amides is 1. The summed E-state index contributed by atoms with van der Waals surface area (Å²) in [5, 5.41) is 13.5. The van der Waals surface area contributed by atoms with Crippen LogP contribution in [0.1, 0.15) is 29.6 Å². The molecule has 1 amide bonds. The van der Waals surface area contributed by atoms with E-state index in [9.17, 15) is 23.7 Å². The van der Waals surface area contributed by atoms with E-state index in [0.29, 0.717) is 25.1 Å². The van der Waals surface area contributed by atoms with Gasteiger partial charge in [0.15, 0.2) is 11.6 Å². The third kappa shape index (κ3) is 3.15. The van der Waals surface area contributed by atoms with Crippen molar-refractivity contribution in [2.75, 3.05) is 6.54 Å². The summed E-state index contributed by atoms with van der Waals surface area (Å²) in [6.07, 6.45) is 2.47. The van der Waals surface area contributed by atoms with Crippen molar-refractivity contribution in [3.63, 3.8) is 0 Å². The van der Waals surface area contributed by atoms with E-state index < -0.39 is 33.7 Å². The van der Waals surface area contributed by atoms with E-state index in [1.807, 2.05) is 0 Å². The first-order chi connectivity index (χ1) is 9.93. The summed E-state index contributed by atoms with van der Waals surface area (Å²) in [4.78, 5) is 22.1. The van der Waals surface area contributed by atoms with Crippen LogP contribution in [0, 0.1) is 27.7 Å². The molecule has 6 nitrogen and oxygen atoms in total. The Kier molecular flexibility index (Phi) is 4.46. The zero-order valence-electron chi connectivity index (χ0n) is 11.1. The Morgan fingerprint density at radius 2 is 2.05 bits per heavy atom. The van der Waals surface area contributed by atoms with Crippen LogP contribution in [0.2, 0.25) is 0 Å². The van der Waals surface area contributed by atoms with Crippen LogP contribution < -0.4 is 11.1 Å². The summed E-state index contributed by atoms with van der Waals surface area (Å²) in [5.74, 6) is -3.35. The van der Waals surface area contributed by atoms with E-state index in [2.05, 4.69) is 5.32 Å². The first-order valence-corrected chi connectivity index (χ1v) is 6.58. The second-order valence-corrected chi connectivity index (χ2v) is 5.05. The Morgan fingerprint density at radius 3 is 2.67 bits per heavy atom. The second-order valence-electron chi connectivity index (χ2n) is 5.05. The number of hydrogen-bond acceptors (Lipinski definition) is 4. The monoisotopic (exact) mass is 299 g/mol. The van der Waals surface area contributed by atoms with Gasteiger partial charge in [0, 0.05) is 6.04 Å². The highest BCUT2D eigenvalue weighted by Crippen LogP contribution is 2.27. The summed E-state index contributed by atoms with van der Waals surface area (Å²) in [7, 11) is 0. The topological polar surface area (TPSA) is 98.3 Å². The van der Waals surface area contributed by atoms with E-state index in [4.69, 9.17) is 5.73 Å². The molecule has 2 unspecified atom stereocenters. The Balaban J connectivity index is 2.26. The fraction of sp³-hybridized carbons (Fsp3) is 0.462. The molecule has 0 aliphatic heterocycles. The molecule has 1 saturated carbocycles. The molecule has 114 valence electrons. The molecule has 3 N–H and O–H groups in total. The Labute approximate surface area is 119 Å². The first-order valence-electron chi connectivity index (χ1n) is 6.58. The van der Waals surface area contributed by atoms with E-state index in [1.54, 1.807) is 0 Å². The predicted octanol–water partition coefficient (Wildman–Crippen LogP) is 1.73. The van der Waals surface area contributed by atoms with Crippen LogP contribution in [0.5, 0.6) is 0 Å². The largest absolute Gasteiger partial charge is 0.349 e. The number of benzene rings is 1. The van der Waals surface area contributed by atoms with Gasteiger partial charge in [-0.05, 0) is 31.4 Å². The quantitative estimate of drug-likeness (QED) is 0.653. The van der Waals surface area contributed by atoms with Gasteiger partial charge in [0.2, 0.25) is 0 Å². The predicted molar refractivity (Wildman–Crippen MR) is 70.7 cm³/mol. The first kappa shape index (κ1) is 15.3. The van der Waals surface area contributed by atoms with Crippen molar-refractivity contribution in [3.8, 4) is 0 Å². The standard InChI is InChI=1S/C13H15F2N3O3/c14-9-4-8(12(18(20)21)5-10(9)15)13(19)17-11-3-1-2-7(11)6-16/h4-5,7,11H,1-3,6,16H2,(H,17,19). The number of carbonyl (C=O) groups is 1. The lowest BCUT2D eigenvalue weighted by Crippen LogP contribution is -2.40. The molecule has 1 aliphatic carbocycles. The van der Waals surface area contributed by atoms with Gasteiger partial charge in [-0.15, -0.1) is 0 Å². The number of carbonyl (C=O) groups excluding carboxylic acids is 1. The number of nitrogens with zero attached hydrogens (tertiary/aromatic N) is 1. The maximum atomic E-state index is 13.2. The van der Waals surface area contributed by atoms with Crippen LogP contribution in [-0.4, -0.2) is 23.4 Å². The Hall–Kier alpha value is -2.09. The third-order valence-corrected chi connectivity index (χ3v) is 3.76.